The molecule has 0 aromatic heterocycles. The van der Waals surface area contributed by atoms with Crippen LogP contribution in [0, 0.1) is 5.82 Å². The van der Waals surface area contributed by atoms with Crippen LogP contribution in [0.25, 0.3) is 0 Å². The van der Waals surface area contributed by atoms with Crippen molar-refractivity contribution in [2.75, 3.05) is 0 Å². The Labute approximate surface area is 112 Å². The van der Waals surface area contributed by atoms with Crippen LogP contribution in [0.5, 0.6) is 5.75 Å². The number of halogens is 2. The first kappa shape index (κ1) is 11.9. The minimum atomic E-state index is -0.614. The molecule has 0 heterocycles. The predicted octanol–water partition coefficient (Wildman–Crippen LogP) is 3.45. The van der Waals surface area contributed by atoms with Gasteiger partial charge < -0.3 is 4.74 Å². The molecule has 2 aliphatic rings. The minimum Gasteiger partial charge on any atom is -0.489 e. The van der Waals surface area contributed by atoms with Crippen molar-refractivity contribution in [2.24, 2.45) is 4.99 Å². The van der Waals surface area contributed by atoms with Crippen LogP contribution in [0.2, 0.25) is 0 Å². The van der Waals surface area contributed by atoms with Gasteiger partial charge in [0.2, 0.25) is 6.08 Å². The summed E-state index contributed by atoms with van der Waals surface area (Å²) in [5.41, 5.74) is 0.0426. The lowest BCUT2D eigenvalue weighted by molar-refractivity contribution is 0.294. The number of ether oxygens (including phenoxy) is 1. The monoisotopic (exact) mass is 311 g/mol. The van der Waals surface area contributed by atoms with E-state index in [0.29, 0.717) is 15.8 Å². The number of benzene rings is 1. The molecule has 0 bridgehead atoms. The zero-order chi connectivity index (χ0) is 12.8. The molecule has 0 spiro atoms. The molecule has 0 N–H and O–H groups in total. The first-order valence-corrected chi connectivity index (χ1v) is 6.69. The maximum Gasteiger partial charge on any atom is 0.235 e. The Morgan fingerprint density at radius 1 is 1.44 bits per heavy atom. The molecule has 3 rings (SSSR count). The number of hydrogen-bond acceptors (Lipinski definition) is 3. The first-order valence-electron chi connectivity index (χ1n) is 5.90. The summed E-state index contributed by atoms with van der Waals surface area (Å²) in [6, 6.07) is 2.79. The fourth-order valence-corrected chi connectivity index (χ4v) is 2.55. The quantitative estimate of drug-likeness (QED) is 0.631. The smallest absolute Gasteiger partial charge is 0.235 e. The second-order valence-corrected chi connectivity index (χ2v) is 5.67. The highest BCUT2D eigenvalue weighted by Gasteiger charge is 2.48. The van der Waals surface area contributed by atoms with Gasteiger partial charge in [-0.15, -0.1) is 0 Å². The second kappa shape index (κ2) is 4.18. The third kappa shape index (κ3) is 2.08. The van der Waals surface area contributed by atoms with E-state index >= 15 is 0 Å². The topological polar surface area (TPSA) is 38.7 Å². The van der Waals surface area contributed by atoms with E-state index < -0.39 is 5.54 Å². The SMILES string of the molecule is O=C=NC1(c2cc(F)cc(Br)c2OC2CC2)CC1. The molecule has 0 unspecified atom stereocenters. The van der Waals surface area contributed by atoms with Crippen molar-refractivity contribution >= 4 is 22.0 Å². The van der Waals surface area contributed by atoms with E-state index in [1.165, 1.54) is 12.1 Å². The average Bonchev–Trinajstić information content (AvgIpc) is 3.18. The Morgan fingerprint density at radius 3 is 2.72 bits per heavy atom. The lowest BCUT2D eigenvalue weighted by atomic mass is 10.0. The third-order valence-electron chi connectivity index (χ3n) is 3.30. The van der Waals surface area contributed by atoms with Crippen molar-refractivity contribution in [3.63, 3.8) is 0 Å². The number of hydrogen-bond donors (Lipinski definition) is 0. The first-order chi connectivity index (χ1) is 8.64. The van der Waals surface area contributed by atoms with Crippen molar-refractivity contribution in [2.45, 2.75) is 37.3 Å². The van der Waals surface area contributed by atoms with Gasteiger partial charge in [-0.1, -0.05) is 0 Å². The molecule has 2 fully saturated rings. The van der Waals surface area contributed by atoms with Gasteiger partial charge in [0.05, 0.1) is 10.6 Å². The van der Waals surface area contributed by atoms with Crippen molar-refractivity contribution in [3.05, 3.63) is 28.0 Å². The molecule has 1 aromatic carbocycles. The number of rotatable bonds is 4. The van der Waals surface area contributed by atoms with E-state index in [1.807, 2.05) is 0 Å². The summed E-state index contributed by atoms with van der Waals surface area (Å²) in [6.07, 6.45) is 5.31. The zero-order valence-electron chi connectivity index (χ0n) is 9.58. The van der Waals surface area contributed by atoms with Gasteiger partial charge in [0.1, 0.15) is 17.1 Å². The Kier molecular flexibility index (Phi) is 2.76. The highest BCUT2D eigenvalue weighted by Crippen LogP contribution is 2.54. The van der Waals surface area contributed by atoms with Gasteiger partial charge in [-0.25, -0.2) is 9.18 Å². The van der Waals surface area contributed by atoms with Gasteiger partial charge in [0.25, 0.3) is 0 Å². The van der Waals surface area contributed by atoms with Crippen LogP contribution < -0.4 is 4.74 Å². The summed E-state index contributed by atoms with van der Waals surface area (Å²) < 4.78 is 19.9. The van der Waals surface area contributed by atoms with Gasteiger partial charge in [-0.3, -0.25) is 0 Å². The number of nitrogens with zero attached hydrogens (tertiary/aromatic N) is 1. The average molecular weight is 312 g/mol. The summed E-state index contributed by atoms with van der Waals surface area (Å²) in [6.45, 7) is 0. The van der Waals surface area contributed by atoms with Crippen LogP contribution in [-0.2, 0) is 10.3 Å². The van der Waals surface area contributed by atoms with E-state index in [1.54, 1.807) is 6.08 Å². The molecular weight excluding hydrogens is 301 g/mol. The molecule has 3 nitrogen and oxygen atoms in total. The van der Waals surface area contributed by atoms with Gasteiger partial charge in [0, 0.05) is 5.56 Å². The largest absolute Gasteiger partial charge is 0.489 e. The van der Waals surface area contributed by atoms with E-state index in [2.05, 4.69) is 20.9 Å². The Morgan fingerprint density at radius 2 is 2.17 bits per heavy atom. The van der Waals surface area contributed by atoms with E-state index in [4.69, 9.17) is 4.74 Å². The Bertz CT molecular complexity index is 546. The van der Waals surface area contributed by atoms with Crippen LogP contribution in [0.4, 0.5) is 4.39 Å². The standard InChI is InChI=1S/C13H11BrFNO2/c14-11-6-8(15)5-10(12(11)18-9-1-2-9)13(3-4-13)16-7-17/h5-6,9H,1-4H2. The molecule has 2 aliphatic carbocycles. The zero-order valence-corrected chi connectivity index (χ0v) is 11.2. The third-order valence-corrected chi connectivity index (χ3v) is 3.89. The molecular formula is C13H11BrFNO2. The lowest BCUT2D eigenvalue weighted by Crippen LogP contribution is -2.09. The molecule has 0 atom stereocenters. The Balaban J connectivity index is 2.07. The Hall–Kier alpha value is -1.19. The van der Waals surface area contributed by atoms with Crippen LogP contribution in [-0.4, -0.2) is 12.2 Å². The molecule has 0 radical (unpaired) electrons. The van der Waals surface area contributed by atoms with Gasteiger partial charge in [-0.2, -0.15) is 4.99 Å². The normalized spacial score (nSPS) is 20.1. The minimum absolute atomic E-state index is 0.210. The highest BCUT2D eigenvalue weighted by atomic mass is 79.9. The van der Waals surface area contributed by atoms with Crippen LogP contribution in [0.3, 0.4) is 0 Å². The molecule has 1 aromatic rings. The number of carbonyl (C=O) groups excluding carboxylic acids is 1. The van der Waals surface area contributed by atoms with Crippen LogP contribution in [0.1, 0.15) is 31.2 Å². The molecule has 2 saturated carbocycles. The number of aliphatic imine (C=N–C) groups is 1. The second-order valence-electron chi connectivity index (χ2n) is 4.82. The molecule has 18 heavy (non-hydrogen) atoms. The van der Waals surface area contributed by atoms with Crippen molar-refractivity contribution in [1.29, 1.82) is 0 Å². The summed E-state index contributed by atoms with van der Waals surface area (Å²) >= 11 is 3.32. The molecule has 0 aliphatic heterocycles. The van der Waals surface area contributed by atoms with Gasteiger partial charge >= 0.3 is 0 Å². The molecule has 5 heteroatoms. The van der Waals surface area contributed by atoms with Crippen molar-refractivity contribution in [1.82, 2.24) is 0 Å². The van der Waals surface area contributed by atoms with E-state index in [9.17, 15) is 9.18 Å². The summed E-state index contributed by atoms with van der Waals surface area (Å²) in [5.74, 6) is 0.266. The number of isocyanates is 1. The van der Waals surface area contributed by atoms with Gasteiger partial charge in [0.15, 0.2) is 0 Å². The van der Waals surface area contributed by atoms with Crippen LogP contribution in [0.15, 0.2) is 21.6 Å². The highest BCUT2D eigenvalue weighted by molar-refractivity contribution is 9.10. The fraction of sp³-hybridized carbons (Fsp3) is 0.462. The van der Waals surface area contributed by atoms with Crippen molar-refractivity contribution in [3.8, 4) is 5.75 Å². The lowest BCUT2D eigenvalue weighted by Gasteiger charge is -2.17. The molecule has 94 valence electrons. The van der Waals surface area contributed by atoms with Crippen molar-refractivity contribution < 1.29 is 13.9 Å². The van der Waals surface area contributed by atoms with E-state index in [-0.39, 0.29) is 11.9 Å². The maximum absolute atomic E-state index is 13.5. The summed E-state index contributed by atoms with van der Waals surface area (Å²) in [5, 5.41) is 0. The summed E-state index contributed by atoms with van der Waals surface area (Å²) in [7, 11) is 0. The molecule has 0 amide bonds. The van der Waals surface area contributed by atoms with E-state index in [0.717, 1.165) is 25.7 Å². The molecule has 0 saturated heterocycles. The van der Waals surface area contributed by atoms with Gasteiger partial charge in [-0.05, 0) is 53.7 Å². The van der Waals surface area contributed by atoms with Crippen LogP contribution >= 0.6 is 15.9 Å². The maximum atomic E-state index is 13.5. The fourth-order valence-electron chi connectivity index (χ4n) is 2.03. The summed E-state index contributed by atoms with van der Waals surface area (Å²) in [4.78, 5) is 14.3. The predicted molar refractivity (Wildman–Crippen MR) is 66.8 cm³/mol.